The molecule has 0 unspecified atom stereocenters. The summed E-state index contributed by atoms with van der Waals surface area (Å²) in [6, 6.07) is 16.4. The van der Waals surface area contributed by atoms with E-state index in [9.17, 15) is 14.0 Å². The van der Waals surface area contributed by atoms with Gasteiger partial charge in [0.15, 0.2) is 0 Å². The number of furan rings is 1. The van der Waals surface area contributed by atoms with Crippen LogP contribution in [0.1, 0.15) is 28.6 Å². The highest BCUT2D eigenvalue weighted by Crippen LogP contribution is 2.34. The molecule has 0 aliphatic carbocycles. The first-order valence-electron chi connectivity index (χ1n) is 9.82. The summed E-state index contributed by atoms with van der Waals surface area (Å²) < 4.78 is 24.4. The quantitative estimate of drug-likeness (QED) is 0.265. The number of amides is 1. The van der Waals surface area contributed by atoms with Gasteiger partial charge in [-0.3, -0.25) is 9.69 Å². The molecule has 3 aromatic rings. The van der Waals surface area contributed by atoms with Crippen LogP contribution in [0.5, 0.6) is 0 Å². The molecule has 0 atom stereocenters. The van der Waals surface area contributed by atoms with Gasteiger partial charge in [0.05, 0.1) is 23.6 Å². The smallest absolute Gasteiger partial charge is 0.338 e. The summed E-state index contributed by atoms with van der Waals surface area (Å²) >= 11 is 6.55. The summed E-state index contributed by atoms with van der Waals surface area (Å²) in [4.78, 5) is 26.5. The van der Waals surface area contributed by atoms with Crippen LogP contribution in [0.2, 0.25) is 0 Å². The number of halogens is 1. The minimum absolute atomic E-state index is 0.221. The fraction of sp³-hybridized carbons (Fsp3) is 0.125. The second kappa shape index (κ2) is 9.50. The highest BCUT2D eigenvalue weighted by Gasteiger charge is 2.32. The van der Waals surface area contributed by atoms with E-state index < -0.39 is 0 Å². The van der Waals surface area contributed by atoms with Gasteiger partial charge in [-0.15, -0.1) is 0 Å². The Hall–Kier alpha value is -3.23. The molecule has 162 valence electrons. The van der Waals surface area contributed by atoms with E-state index in [0.717, 1.165) is 11.1 Å². The molecular formula is C24H18FNO4S2. The molecular weight excluding hydrogens is 449 g/mol. The first-order valence-corrected chi connectivity index (χ1v) is 11.0. The van der Waals surface area contributed by atoms with Gasteiger partial charge in [-0.05, 0) is 48.9 Å². The molecule has 1 aliphatic rings. The van der Waals surface area contributed by atoms with E-state index in [2.05, 4.69) is 0 Å². The third kappa shape index (κ3) is 4.81. The van der Waals surface area contributed by atoms with Crippen LogP contribution in [-0.4, -0.2) is 27.7 Å². The number of thioether (sulfide) groups is 1. The topological polar surface area (TPSA) is 59.8 Å². The minimum atomic E-state index is -0.373. The monoisotopic (exact) mass is 467 g/mol. The maximum absolute atomic E-state index is 13.1. The number of thiocarbonyl (C=S) groups is 1. The van der Waals surface area contributed by atoms with Crippen LogP contribution in [0, 0.1) is 5.82 Å². The predicted molar refractivity (Wildman–Crippen MR) is 125 cm³/mol. The molecule has 8 heteroatoms. The second-order valence-corrected chi connectivity index (χ2v) is 8.57. The van der Waals surface area contributed by atoms with Gasteiger partial charge in [-0.1, -0.05) is 48.2 Å². The van der Waals surface area contributed by atoms with E-state index in [1.165, 1.54) is 28.8 Å². The van der Waals surface area contributed by atoms with Gasteiger partial charge in [-0.2, -0.15) is 0 Å². The third-order valence-corrected chi connectivity index (χ3v) is 6.09. The number of rotatable bonds is 6. The van der Waals surface area contributed by atoms with E-state index in [1.54, 1.807) is 61.5 Å². The molecule has 32 heavy (non-hydrogen) atoms. The van der Waals surface area contributed by atoms with E-state index >= 15 is 0 Å². The van der Waals surface area contributed by atoms with E-state index in [4.69, 9.17) is 21.4 Å². The second-order valence-electron chi connectivity index (χ2n) is 6.89. The van der Waals surface area contributed by atoms with Crippen LogP contribution in [-0.2, 0) is 16.1 Å². The first kappa shape index (κ1) is 22.0. The van der Waals surface area contributed by atoms with Crippen LogP contribution in [0.15, 0.2) is 70.0 Å². The van der Waals surface area contributed by atoms with Gasteiger partial charge in [0, 0.05) is 11.6 Å². The Bertz CT molecular complexity index is 1200. The van der Waals surface area contributed by atoms with Gasteiger partial charge >= 0.3 is 5.97 Å². The molecule has 1 aromatic heterocycles. The van der Waals surface area contributed by atoms with Crippen molar-refractivity contribution in [3.05, 3.63) is 88.3 Å². The van der Waals surface area contributed by atoms with E-state index in [-0.39, 0.29) is 24.2 Å². The van der Waals surface area contributed by atoms with Crippen molar-refractivity contribution in [3.63, 3.8) is 0 Å². The zero-order valence-corrected chi connectivity index (χ0v) is 18.7. The lowest BCUT2D eigenvalue weighted by Gasteiger charge is -2.14. The van der Waals surface area contributed by atoms with Crippen LogP contribution in [0.4, 0.5) is 4.39 Å². The van der Waals surface area contributed by atoms with Crippen molar-refractivity contribution >= 4 is 46.3 Å². The number of hydrogen-bond acceptors (Lipinski definition) is 6. The number of nitrogens with zero attached hydrogens (tertiary/aromatic N) is 1. The Labute approximate surface area is 193 Å². The van der Waals surface area contributed by atoms with E-state index in [1.807, 2.05) is 0 Å². The predicted octanol–water partition coefficient (Wildman–Crippen LogP) is 5.66. The highest BCUT2D eigenvalue weighted by atomic mass is 32.2. The summed E-state index contributed by atoms with van der Waals surface area (Å²) in [5.74, 6) is 0.191. The van der Waals surface area contributed by atoms with Gasteiger partial charge in [-0.25, -0.2) is 9.18 Å². The number of benzene rings is 2. The normalized spacial score (nSPS) is 14.9. The van der Waals surface area contributed by atoms with Crippen molar-refractivity contribution in [2.75, 3.05) is 6.61 Å². The van der Waals surface area contributed by atoms with Crippen LogP contribution in [0.25, 0.3) is 17.4 Å². The lowest BCUT2D eigenvalue weighted by molar-refractivity contribution is -0.122. The maximum atomic E-state index is 13.1. The highest BCUT2D eigenvalue weighted by molar-refractivity contribution is 8.26. The lowest BCUT2D eigenvalue weighted by Crippen LogP contribution is -2.27. The molecule has 1 saturated heterocycles. The number of carbonyl (C=O) groups is 2. The summed E-state index contributed by atoms with van der Waals surface area (Å²) in [7, 11) is 0. The Balaban J connectivity index is 1.48. The van der Waals surface area contributed by atoms with Crippen molar-refractivity contribution in [1.29, 1.82) is 0 Å². The molecule has 4 rings (SSSR count). The zero-order chi connectivity index (χ0) is 22.7. The maximum Gasteiger partial charge on any atom is 0.338 e. The molecule has 2 heterocycles. The minimum Gasteiger partial charge on any atom is -0.462 e. The average Bonchev–Trinajstić information content (AvgIpc) is 3.36. The Kier molecular flexibility index (Phi) is 6.53. The van der Waals surface area contributed by atoms with Crippen molar-refractivity contribution in [2.24, 2.45) is 0 Å². The van der Waals surface area contributed by atoms with Gasteiger partial charge in [0.2, 0.25) is 0 Å². The van der Waals surface area contributed by atoms with E-state index in [0.29, 0.717) is 32.9 Å². The van der Waals surface area contributed by atoms with Crippen molar-refractivity contribution in [2.45, 2.75) is 13.5 Å². The van der Waals surface area contributed by atoms with Gasteiger partial charge in [0.1, 0.15) is 21.7 Å². The SMILES string of the molecule is CCOC(=O)c1ccc(-c2ccc(C=C3SC(=S)N(Cc4ccc(F)cc4)C3=O)o2)cc1. The largest absolute Gasteiger partial charge is 0.462 e. The number of hydrogen-bond donors (Lipinski definition) is 0. The van der Waals surface area contributed by atoms with Crippen LogP contribution >= 0.6 is 24.0 Å². The molecule has 1 amide bonds. The fourth-order valence-electron chi connectivity index (χ4n) is 3.11. The Morgan fingerprint density at radius 2 is 1.84 bits per heavy atom. The molecule has 1 aliphatic heterocycles. The molecule has 2 aromatic carbocycles. The summed E-state index contributed by atoms with van der Waals surface area (Å²) in [6.45, 7) is 2.35. The molecule has 1 fully saturated rings. The molecule has 0 saturated carbocycles. The molecule has 0 N–H and O–H groups in total. The van der Waals surface area contributed by atoms with Crippen molar-refractivity contribution in [3.8, 4) is 11.3 Å². The molecule has 5 nitrogen and oxygen atoms in total. The Morgan fingerprint density at radius 3 is 2.53 bits per heavy atom. The van der Waals surface area contributed by atoms with Crippen molar-refractivity contribution < 1.29 is 23.1 Å². The Morgan fingerprint density at radius 1 is 1.12 bits per heavy atom. The van der Waals surface area contributed by atoms with Crippen LogP contribution < -0.4 is 0 Å². The third-order valence-electron chi connectivity index (χ3n) is 4.71. The van der Waals surface area contributed by atoms with Crippen LogP contribution in [0.3, 0.4) is 0 Å². The van der Waals surface area contributed by atoms with Gasteiger partial charge in [0.25, 0.3) is 5.91 Å². The standard InChI is InChI=1S/C24H18FNO4S2/c1-2-29-23(28)17-7-5-16(6-8-17)20-12-11-19(30-20)13-21-22(27)26(24(31)32-21)14-15-3-9-18(25)10-4-15/h3-13H,2,14H2,1H3. The molecule has 0 spiro atoms. The summed E-state index contributed by atoms with van der Waals surface area (Å²) in [5, 5.41) is 0. The molecule has 0 radical (unpaired) electrons. The van der Waals surface area contributed by atoms with Gasteiger partial charge < -0.3 is 9.15 Å². The number of carbonyl (C=O) groups excluding carboxylic acids is 2. The summed E-state index contributed by atoms with van der Waals surface area (Å²) in [5.41, 5.74) is 2.05. The fourth-order valence-corrected chi connectivity index (χ4v) is 4.34. The number of ether oxygens (including phenoxy) is 1. The number of esters is 1. The lowest BCUT2D eigenvalue weighted by atomic mass is 10.1. The average molecular weight is 468 g/mol. The first-order chi connectivity index (χ1) is 15.4. The molecule has 0 bridgehead atoms. The van der Waals surface area contributed by atoms with Crippen molar-refractivity contribution in [1.82, 2.24) is 4.90 Å². The summed E-state index contributed by atoms with van der Waals surface area (Å²) in [6.07, 6.45) is 1.65. The zero-order valence-electron chi connectivity index (χ0n) is 17.0.